The minimum absolute atomic E-state index is 0. The normalized spacial score (nSPS) is 15.8. The lowest BCUT2D eigenvalue weighted by atomic mass is 9.85. The van der Waals surface area contributed by atoms with E-state index in [4.69, 9.17) is 11.6 Å². The van der Waals surface area contributed by atoms with Gasteiger partial charge < -0.3 is 10.0 Å². The number of hydrogen-bond donors (Lipinski definition) is 1. The van der Waals surface area contributed by atoms with Crippen LogP contribution < -0.4 is 0 Å². The van der Waals surface area contributed by atoms with Crippen molar-refractivity contribution >= 4 is 41.1 Å². The molecule has 206 valence electrons. The highest BCUT2D eigenvalue weighted by atomic mass is 35.5. The van der Waals surface area contributed by atoms with E-state index in [-0.39, 0.29) is 30.5 Å². The van der Waals surface area contributed by atoms with Crippen LogP contribution in [0.25, 0.3) is 11.1 Å². The van der Waals surface area contributed by atoms with E-state index in [0.29, 0.717) is 29.3 Å². The highest BCUT2D eigenvalue weighted by Gasteiger charge is 2.28. The Morgan fingerprint density at radius 3 is 2.59 bits per heavy atom. The maximum atomic E-state index is 15.6. The number of carboxylic acid groups (broad SMARTS) is 1. The summed E-state index contributed by atoms with van der Waals surface area (Å²) in [5.74, 6) is -0.817. The second kappa shape index (κ2) is 12.6. The van der Waals surface area contributed by atoms with Gasteiger partial charge in [-0.05, 0) is 108 Å². The van der Waals surface area contributed by atoms with Crippen molar-refractivity contribution in [2.75, 3.05) is 26.3 Å². The average Bonchev–Trinajstić information content (AvgIpc) is 3.06. The van der Waals surface area contributed by atoms with E-state index in [9.17, 15) is 14.3 Å². The van der Waals surface area contributed by atoms with Crippen molar-refractivity contribution in [3.8, 4) is 0 Å². The molecule has 0 radical (unpaired) electrons. The number of allylic oxidation sites excluding steroid dienone is 1. The van der Waals surface area contributed by atoms with Gasteiger partial charge in [-0.1, -0.05) is 48.0 Å². The van der Waals surface area contributed by atoms with Crippen LogP contribution in [0.2, 0.25) is 5.02 Å². The minimum atomic E-state index is -0.959. The second-order valence-corrected chi connectivity index (χ2v) is 10.9. The Balaban J connectivity index is 0.00000353. The van der Waals surface area contributed by atoms with Crippen LogP contribution in [-0.4, -0.2) is 42.3 Å². The minimum Gasteiger partial charge on any atom is -0.478 e. The molecule has 1 aliphatic heterocycles. The van der Waals surface area contributed by atoms with Crippen molar-refractivity contribution in [3.63, 3.8) is 0 Å². The Labute approximate surface area is 239 Å². The molecule has 0 aromatic heterocycles. The van der Waals surface area contributed by atoms with Crippen LogP contribution in [0.1, 0.15) is 63.0 Å². The third-order valence-electron chi connectivity index (χ3n) is 7.80. The summed E-state index contributed by atoms with van der Waals surface area (Å²) in [5.41, 5.74) is 7.46. The number of alkyl halides is 1. The van der Waals surface area contributed by atoms with Gasteiger partial charge in [0.1, 0.15) is 5.82 Å². The van der Waals surface area contributed by atoms with Crippen LogP contribution in [0, 0.1) is 18.7 Å². The zero-order chi connectivity index (χ0) is 26.8. The van der Waals surface area contributed by atoms with Gasteiger partial charge in [0.25, 0.3) is 0 Å². The second-order valence-electron chi connectivity index (χ2n) is 10.5. The summed E-state index contributed by atoms with van der Waals surface area (Å²) in [6.45, 7) is 4.19. The molecule has 1 saturated heterocycles. The van der Waals surface area contributed by atoms with Gasteiger partial charge in [0.2, 0.25) is 0 Å². The van der Waals surface area contributed by atoms with Crippen LogP contribution in [0.4, 0.5) is 8.78 Å². The summed E-state index contributed by atoms with van der Waals surface area (Å²) in [6, 6.07) is 16.7. The highest BCUT2D eigenvalue weighted by Crippen LogP contribution is 2.43. The molecule has 1 aliphatic carbocycles. The molecular formula is C32H33Cl2F2NO2. The van der Waals surface area contributed by atoms with Crippen LogP contribution in [0.5, 0.6) is 0 Å². The molecule has 5 rings (SSSR count). The van der Waals surface area contributed by atoms with Gasteiger partial charge in [0, 0.05) is 19.6 Å². The van der Waals surface area contributed by atoms with Gasteiger partial charge in [-0.25, -0.2) is 9.18 Å². The number of likely N-dealkylation sites (tertiary alicyclic amines) is 1. The number of carbonyl (C=O) groups is 1. The maximum Gasteiger partial charge on any atom is 0.335 e. The Bertz CT molecular complexity index is 1400. The molecule has 1 fully saturated rings. The van der Waals surface area contributed by atoms with E-state index >= 15 is 4.39 Å². The lowest BCUT2D eigenvalue weighted by molar-refractivity contribution is 0.0696. The zero-order valence-electron chi connectivity index (χ0n) is 22.0. The molecule has 1 heterocycles. The summed E-state index contributed by atoms with van der Waals surface area (Å²) in [5, 5.41) is 10.2. The predicted octanol–water partition coefficient (Wildman–Crippen LogP) is 8.04. The molecule has 3 aromatic carbocycles. The molecule has 3 aromatic rings. The summed E-state index contributed by atoms with van der Waals surface area (Å²) < 4.78 is 28.0. The summed E-state index contributed by atoms with van der Waals surface area (Å²) in [6.07, 6.45) is 3.52. The lowest BCUT2D eigenvalue weighted by Crippen LogP contribution is -2.48. The number of hydrogen-bond acceptors (Lipinski definition) is 2. The van der Waals surface area contributed by atoms with Crippen molar-refractivity contribution in [3.05, 3.63) is 104 Å². The number of halogens is 4. The van der Waals surface area contributed by atoms with Gasteiger partial charge in [0.05, 0.1) is 17.3 Å². The van der Waals surface area contributed by atoms with Gasteiger partial charge in [-0.2, -0.15) is 0 Å². The van der Waals surface area contributed by atoms with E-state index in [0.717, 1.165) is 77.9 Å². The SMILES string of the molecule is Cc1cccc(C2=C(c3ccc(CC4CN(CCCF)C4)c(F)c3)c3ccc(C(=O)O)cc3CCC2)c1Cl.Cl. The first-order valence-corrected chi connectivity index (χ1v) is 13.7. The first kappa shape index (κ1) is 29.3. The Hall–Kier alpha value is -2.73. The maximum absolute atomic E-state index is 15.6. The molecule has 0 unspecified atom stereocenters. The van der Waals surface area contributed by atoms with Crippen molar-refractivity contribution in [1.29, 1.82) is 0 Å². The first-order chi connectivity index (χ1) is 18.4. The largest absolute Gasteiger partial charge is 0.478 e. The van der Waals surface area contributed by atoms with Crippen LogP contribution in [-0.2, 0) is 12.8 Å². The van der Waals surface area contributed by atoms with Crippen LogP contribution in [0.3, 0.4) is 0 Å². The summed E-state index contributed by atoms with van der Waals surface area (Å²) in [4.78, 5) is 13.9. The Morgan fingerprint density at radius 2 is 1.87 bits per heavy atom. The molecule has 0 amide bonds. The molecule has 1 N–H and O–H groups in total. The molecule has 0 atom stereocenters. The fourth-order valence-electron chi connectivity index (χ4n) is 5.85. The molecule has 0 spiro atoms. The lowest BCUT2D eigenvalue weighted by Gasteiger charge is -2.39. The van der Waals surface area contributed by atoms with E-state index in [1.807, 2.05) is 43.3 Å². The smallest absolute Gasteiger partial charge is 0.335 e. The van der Waals surface area contributed by atoms with Gasteiger partial charge in [-0.3, -0.25) is 4.39 Å². The molecule has 7 heteroatoms. The van der Waals surface area contributed by atoms with Crippen molar-refractivity contribution in [2.24, 2.45) is 5.92 Å². The monoisotopic (exact) mass is 571 g/mol. The first-order valence-electron chi connectivity index (χ1n) is 13.3. The summed E-state index contributed by atoms with van der Waals surface area (Å²) >= 11 is 6.80. The van der Waals surface area contributed by atoms with E-state index < -0.39 is 5.97 Å². The van der Waals surface area contributed by atoms with E-state index in [1.54, 1.807) is 18.2 Å². The average molecular weight is 573 g/mol. The van der Waals surface area contributed by atoms with Crippen molar-refractivity contribution < 1.29 is 18.7 Å². The highest BCUT2D eigenvalue weighted by molar-refractivity contribution is 6.33. The molecule has 3 nitrogen and oxygen atoms in total. The van der Waals surface area contributed by atoms with Gasteiger partial charge in [0.15, 0.2) is 0 Å². The topological polar surface area (TPSA) is 40.5 Å². The third kappa shape index (κ3) is 6.21. The molecule has 0 saturated carbocycles. The van der Waals surface area contributed by atoms with Gasteiger partial charge >= 0.3 is 5.97 Å². The van der Waals surface area contributed by atoms with Crippen molar-refractivity contribution in [2.45, 2.75) is 39.0 Å². The number of benzene rings is 3. The molecule has 39 heavy (non-hydrogen) atoms. The molecule has 0 bridgehead atoms. The van der Waals surface area contributed by atoms with E-state index in [1.165, 1.54) is 0 Å². The Kier molecular flexibility index (Phi) is 9.47. The standard InChI is InChI=1S/C32H32ClF2NO2.ClH/c1-20-5-2-8-28(31(20)33)27-7-3-6-22-16-25(32(37)38)11-12-26(22)30(27)24-10-9-23(29(35)17-24)15-21-18-36(19-21)14-4-13-34;/h2,5,8-12,16-17,21H,3-4,6-7,13-15,18-19H2,1H3,(H,37,38);1H. The number of aromatic carboxylic acids is 1. The van der Waals surface area contributed by atoms with Gasteiger partial charge in [-0.15, -0.1) is 12.4 Å². The number of fused-ring (bicyclic) bond motifs is 1. The quantitative estimate of drug-likeness (QED) is 0.297. The summed E-state index contributed by atoms with van der Waals surface area (Å²) in [7, 11) is 0. The molecule has 2 aliphatic rings. The fourth-order valence-corrected chi connectivity index (χ4v) is 6.09. The van der Waals surface area contributed by atoms with Crippen LogP contribution >= 0.6 is 24.0 Å². The van der Waals surface area contributed by atoms with Crippen molar-refractivity contribution in [1.82, 2.24) is 4.90 Å². The number of carboxylic acids is 1. The number of nitrogens with zero attached hydrogens (tertiary/aromatic N) is 1. The Morgan fingerprint density at radius 1 is 1.08 bits per heavy atom. The number of aryl methyl sites for hydroxylation is 2. The van der Waals surface area contributed by atoms with Crippen LogP contribution in [0.15, 0.2) is 54.6 Å². The zero-order valence-corrected chi connectivity index (χ0v) is 23.6. The molecular weight excluding hydrogens is 539 g/mol. The fraction of sp³-hybridized carbons (Fsp3) is 0.344. The predicted molar refractivity (Wildman–Crippen MR) is 156 cm³/mol. The van der Waals surface area contributed by atoms with E-state index in [2.05, 4.69) is 4.90 Å². The third-order valence-corrected chi connectivity index (χ3v) is 8.31. The number of rotatable bonds is 8.